The highest BCUT2D eigenvalue weighted by molar-refractivity contribution is 5.81. The van der Waals surface area contributed by atoms with Crippen molar-refractivity contribution in [1.82, 2.24) is 19.8 Å². The van der Waals surface area contributed by atoms with Gasteiger partial charge in [-0.05, 0) is 50.4 Å². The summed E-state index contributed by atoms with van der Waals surface area (Å²) in [7, 11) is 0. The molecule has 5 rings (SSSR count). The van der Waals surface area contributed by atoms with Crippen molar-refractivity contribution in [2.45, 2.75) is 51.1 Å². The third-order valence-electron chi connectivity index (χ3n) is 6.62. The number of aromatic amines is 1. The molecule has 1 aromatic heterocycles. The summed E-state index contributed by atoms with van der Waals surface area (Å²) >= 11 is 0. The Kier molecular flexibility index (Phi) is 5.33. The van der Waals surface area contributed by atoms with Gasteiger partial charge in [-0.3, -0.25) is 14.5 Å². The molecule has 2 aliphatic heterocycles. The van der Waals surface area contributed by atoms with Gasteiger partial charge in [0.1, 0.15) is 17.5 Å². The van der Waals surface area contributed by atoms with Gasteiger partial charge in [0.05, 0.1) is 17.8 Å². The number of carbonyl (C=O) groups excluding carboxylic acids is 1. The molecule has 6 nitrogen and oxygen atoms in total. The molecule has 1 N–H and O–H groups in total. The number of nitrogens with zero attached hydrogens (tertiary/aromatic N) is 3. The van der Waals surface area contributed by atoms with E-state index in [0.29, 0.717) is 49.6 Å². The number of hydrogen-bond donors (Lipinski definition) is 1. The normalized spacial score (nSPS) is 21.7. The molecule has 2 aromatic rings. The van der Waals surface area contributed by atoms with Gasteiger partial charge >= 0.3 is 0 Å². The fourth-order valence-corrected chi connectivity index (χ4v) is 4.74. The first-order chi connectivity index (χ1) is 15.0. The standard InChI is InChI=1S/C23H26F2N4O2/c24-17-5-6-19(25)16(10-17)12-28-8-1-2-15(11-28)21-26-20-7-9-29(23(31)14-3-4-14)13-18(20)22(30)27-21/h5-6,10,14-15H,1-4,7-9,11-13H2,(H,26,27,30)/t15-/m1/s1. The van der Waals surface area contributed by atoms with E-state index >= 15 is 0 Å². The number of aromatic nitrogens is 2. The van der Waals surface area contributed by atoms with Gasteiger partial charge in [-0.25, -0.2) is 13.8 Å². The van der Waals surface area contributed by atoms with Crippen molar-refractivity contribution in [2.75, 3.05) is 19.6 Å². The number of likely N-dealkylation sites (tertiary alicyclic amines) is 1. The maximum absolute atomic E-state index is 14.0. The molecule has 164 valence electrons. The first-order valence-electron chi connectivity index (χ1n) is 11.0. The lowest BCUT2D eigenvalue weighted by atomic mass is 9.96. The molecule has 3 aliphatic rings. The number of fused-ring (bicyclic) bond motifs is 1. The van der Waals surface area contributed by atoms with Gasteiger partial charge in [0.15, 0.2) is 0 Å². The number of nitrogens with one attached hydrogen (secondary N) is 1. The van der Waals surface area contributed by atoms with Crippen LogP contribution in [0.25, 0.3) is 0 Å². The highest BCUT2D eigenvalue weighted by atomic mass is 19.1. The summed E-state index contributed by atoms with van der Waals surface area (Å²) in [6.45, 7) is 2.69. The SMILES string of the molecule is O=C(C1CC1)N1CCc2nc([C@@H]3CCCN(Cc4cc(F)ccc4F)C3)[nH]c(=O)c2C1. The van der Waals surface area contributed by atoms with Gasteiger partial charge in [-0.1, -0.05) is 0 Å². The van der Waals surface area contributed by atoms with Crippen LogP contribution in [0, 0.1) is 17.6 Å². The molecule has 0 spiro atoms. The van der Waals surface area contributed by atoms with Crippen LogP contribution in [0.3, 0.4) is 0 Å². The fraction of sp³-hybridized carbons (Fsp3) is 0.522. The summed E-state index contributed by atoms with van der Waals surface area (Å²) in [6.07, 6.45) is 4.28. The van der Waals surface area contributed by atoms with Crippen LogP contribution in [0.5, 0.6) is 0 Å². The summed E-state index contributed by atoms with van der Waals surface area (Å²) in [5, 5.41) is 0. The van der Waals surface area contributed by atoms with Crippen LogP contribution < -0.4 is 5.56 Å². The second-order valence-corrected chi connectivity index (χ2v) is 8.97. The topological polar surface area (TPSA) is 69.3 Å². The number of carbonyl (C=O) groups is 1. The Labute approximate surface area is 179 Å². The Morgan fingerprint density at radius 1 is 1.19 bits per heavy atom. The lowest BCUT2D eigenvalue weighted by Gasteiger charge is -2.33. The molecule has 0 radical (unpaired) electrons. The Bertz CT molecular complexity index is 1070. The van der Waals surface area contributed by atoms with E-state index in [-0.39, 0.29) is 23.3 Å². The van der Waals surface area contributed by atoms with Crippen molar-refractivity contribution >= 4 is 5.91 Å². The first-order valence-corrected chi connectivity index (χ1v) is 11.0. The van der Waals surface area contributed by atoms with Crippen molar-refractivity contribution in [3.05, 3.63) is 62.8 Å². The van der Waals surface area contributed by atoms with E-state index in [9.17, 15) is 18.4 Å². The van der Waals surface area contributed by atoms with Crippen LogP contribution in [0.2, 0.25) is 0 Å². The summed E-state index contributed by atoms with van der Waals surface area (Å²) in [5.41, 5.74) is 1.56. The number of rotatable bonds is 4. The molecule has 1 saturated carbocycles. The van der Waals surface area contributed by atoms with Crippen molar-refractivity contribution in [2.24, 2.45) is 5.92 Å². The molecule has 31 heavy (non-hydrogen) atoms. The molecule has 1 amide bonds. The van der Waals surface area contributed by atoms with Crippen LogP contribution >= 0.6 is 0 Å². The molecule has 1 aromatic carbocycles. The molecule has 0 unspecified atom stereocenters. The van der Waals surface area contributed by atoms with E-state index in [0.717, 1.165) is 50.1 Å². The van der Waals surface area contributed by atoms with E-state index < -0.39 is 11.6 Å². The third-order valence-corrected chi connectivity index (χ3v) is 6.62. The number of benzene rings is 1. The van der Waals surface area contributed by atoms with Crippen LogP contribution in [0.15, 0.2) is 23.0 Å². The van der Waals surface area contributed by atoms with Crippen molar-refractivity contribution in [1.29, 1.82) is 0 Å². The number of hydrogen-bond acceptors (Lipinski definition) is 4. The number of H-pyrrole nitrogens is 1. The van der Waals surface area contributed by atoms with Crippen LogP contribution in [0.4, 0.5) is 8.78 Å². The van der Waals surface area contributed by atoms with Gasteiger partial charge in [0.25, 0.3) is 5.56 Å². The van der Waals surface area contributed by atoms with Gasteiger partial charge in [0.2, 0.25) is 5.91 Å². The lowest BCUT2D eigenvalue weighted by Crippen LogP contribution is -2.41. The number of halogens is 2. The summed E-state index contributed by atoms with van der Waals surface area (Å²) in [4.78, 5) is 36.8. The highest BCUT2D eigenvalue weighted by Gasteiger charge is 2.36. The van der Waals surface area contributed by atoms with Gasteiger partial charge in [-0.2, -0.15) is 0 Å². The Morgan fingerprint density at radius 3 is 2.84 bits per heavy atom. The van der Waals surface area contributed by atoms with Crippen LogP contribution in [-0.2, 0) is 24.3 Å². The number of amides is 1. The highest BCUT2D eigenvalue weighted by Crippen LogP contribution is 2.32. The van der Waals surface area contributed by atoms with E-state index in [2.05, 4.69) is 9.88 Å². The summed E-state index contributed by atoms with van der Waals surface area (Å²) in [6, 6.07) is 3.53. The molecule has 1 aliphatic carbocycles. The molecule has 2 fully saturated rings. The average molecular weight is 428 g/mol. The predicted molar refractivity (Wildman–Crippen MR) is 110 cm³/mol. The zero-order chi connectivity index (χ0) is 21.5. The molecule has 3 heterocycles. The largest absolute Gasteiger partial charge is 0.337 e. The Balaban J connectivity index is 1.31. The molecular formula is C23H26F2N4O2. The lowest BCUT2D eigenvalue weighted by molar-refractivity contribution is -0.133. The predicted octanol–water partition coefficient (Wildman–Crippen LogP) is 2.72. The second kappa shape index (κ2) is 8.15. The Hall–Kier alpha value is -2.61. The summed E-state index contributed by atoms with van der Waals surface area (Å²) in [5.74, 6) is 0.143. The molecule has 1 atom stereocenters. The quantitative estimate of drug-likeness (QED) is 0.813. The molecule has 0 bridgehead atoms. The third kappa shape index (κ3) is 4.26. The smallest absolute Gasteiger partial charge is 0.256 e. The molecule has 8 heteroatoms. The van der Waals surface area contributed by atoms with Crippen molar-refractivity contribution < 1.29 is 13.6 Å². The van der Waals surface area contributed by atoms with E-state index in [1.165, 1.54) is 6.07 Å². The molecular weight excluding hydrogens is 402 g/mol. The minimum Gasteiger partial charge on any atom is -0.337 e. The summed E-state index contributed by atoms with van der Waals surface area (Å²) < 4.78 is 27.6. The minimum absolute atomic E-state index is 0.0366. The fourth-order valence-electron chi connectivity index (χ4n) is 4.74. The van der Waals surface area contributed by atoms with Crippen molar-refractivity contribution in [3.8, 4) is 0 Å². The maximum atomic E-state index is 14.0. The monoisotopic (exact) mass is 428 g/mol. The van der Waals surface area contributed by atoms with Gasteiger partial charge in [-0.15, -0.1) is 0 Å². The van der Waals surface area contributed by atoms with Gasteiger partial charge < -0.3 is 9.88 Å². The van der Waals surface area contributed by atoms with Crippen LogP contribution in [-0.4, -0.2) is 45.3 Å². The zero-order valence-corrected chi connectivity index (χ0v) is 17.4. The average Bonchev–Trinajstić information content (AvgIpc) is 3.61. The van der Waals surface area contributed by atoms with Gasteiger partial charge in [0, 0.05) is 43.5 Å². The van der Waals surface area contributed by atoms with E-state index in [1.807, 2.05) is 0 Å². The minimum atomic E-state index is -0.445. The van der Waals surface area contributed by atoms with E-state index in [4.69, 9.17) is 4.98 Å². The zero-order valence-electron chi connectivity index (χ0n) is 17.4. The van der Waals surface area contributed by atoms with Crippen LogP contribution in [0.1, 0.15) is 54.2 Å². The van der Waals surface area contributed by atoms with Crippen molar-refractivity contribution in [3.63, 3.8) is 0 Å². The first kappa shape index (κ1) is 20.3. The Morgan fingerprint density at radius 2 is 2.03 bits per heavy atom. The van der Waals surface area contributed by atoms with E-state index in [1.54, 1.807) is 4.90 Å². The maximum Gasteiger partial charge on any atom is 0.256 e. The molecule has 1 saturated heterocycles. The number of piperidine rings is 1. The second-order valence-electron chi connectivity index (χ2n) is 8.97.